The summed E-state index contributed by atoms with van der Waals surface area (Å²) in [5, 5.41) is 0. The Kier molecular flexibility index (Phi) is 6.92. The molecule has 2 amide bonds. The number of fused-ring (bicyclic) bond motifs is 3. The van der Waals surface area contributed by atoms with Crippen molar-refractivity contribution >= 4 is 17.5 Å². The molecule has 0 N–H and O–H groups in total. The fourth-order valence-electron chi connectivity index (χ4n) is 4.47. The second kappa shape index (κ2) is 10.0. The Balaban J connectivity index is 1.76. The van der Waals surface area contributed by atoms with Gasteiger partial charge in [-0.25, -0.2) is 4.39 Å². The predicted molar refractivity (Wildman–Crippen MR) is 128 cm³/mol. The summed E-state index contributed by atoms with van der Waals surface area (Å²) in [6, 6.07) is 17.6. The molecule has 1 aliphatic rings. The van der Waals surface area contributed by atoms with Crippen molar-refractivity contribution in [1.82, 2.24) is 9.47 Å². The van der Waals surface area contributed by atoms with Crippen molar-refractivity contribution in [3.8, 4) is 5.69 Å². The van der Waals surface area contributed by atoms with Gasteiger partial charge in [0.1, 0.15) is 18.4 Å². The zero-order chi connectivity index (χ0) is 23.4. The molecule has 5 nitrogen and oxygen atoms in total. The zero-order valence-corrected chi connectivity index (χ0v) is 19.2. The van der Waals surface area contributed by atoms with E-state index in [0.29, 0.717) is 13.0 Å². The minimum Gasteiger partial charge on any atom is -0.333 e. The van der Waals surface area contributed by atoms with E-state index in [1.807, 2.05) is 49.5 Å². The molecule has 2 aromatic carbocycles. The molecule has 33 heavy (non-hydrogen) atoms. The maximum Gasteiger partial charge on any atom is 0.247 e. The van der Waals surface area contributed by atoms with Crippen LogP contribution >= 0.6 is 0 Å². The van der Waals surface area contributed by atoms with E-state index in [2.05, 4.69) is 11.5 Å². The molecule has 1 unspecified atom stereocenters. The van der Waals surface area contributed by atoms with E-state index in [9.17, 15) is 14.0 Å². The number of rotatable bonds is 8. The second-order valence-electron chi connectivity index (χ2n) is 8.43. The van der Waals surface area contributed by atoms with Gasteiger partial charge in [-0.3, -0.25) is 14.5 Å². The average molecular weight is 448 g/mol. The molecule has 3 aromatic rings. The third-order valence-electron chi connectivity index (χ3n) is 6.10. The molecule has 1 atom stereocenters. The summed E-state index contributed by atoms with van der Waals surface area (Å²) in [5.74, 6) is -0.463. The molecule has 0 saturated heterocycles. The Hall–Kier alpha value is -3.41. The summed E-state index contributed by atoms with van der Waals surface area (Å²) in [5.41, 5.74) is 3.43. The Morgan fingerprint density at radius 2 is 1.67 bits per heavy atom. The zero-order valence-electron chi connectivity index (χ0n) is 19.2. The van der Waals surface area contributed by atoms with Crippen molar-refractivity contribution in [2.45, 2.75) is 45.6 Å². The van der Waals surface area contributed by atoms with E-state index in [1.165, 1.54) is 12.1 Å². The van der Waals surface area contributed by atoms with Crippen LogP contribution in [0.25, 0.3) is 5.69 Å². The van der Waals surface area contributed by atoms with Crippen LogP contribution in [-0.2, 0) is 9.59 Å². The fourth-order valence-corrected chi connectivity index (χ4v) is 4.47. The van der Waals surface area contributed by atoms with E-state index < -0.39 is 6.04 Å². The van der Waals surface area contributed by atoms with Gasteiger partial charge in [0.15, 0.2) is 0 Å². The van der Waals surface area contributed by atoms with Crippen LogP contribution in [-0.4, -0.2) is 34.4 Å². The standard InChI is InChI=1S/C27H30FN3O2/c1-3-5-17-29(25(32)9-4-2)19-26(33)31-23-11-7-6-10-22(23)30-18-8-12-24(30)27(31)20-13-15-21(28)16-14-20/h6-8,10-16,18,27H,3-5,9,17,19H2,1-2H3. The molecule has 0 fully saturated rings. The van der Waals surface area contributed by atoms with Crippen molar-refractivity contribution in [1.29, 1.82) is 0 Å². The third kappa shape index (κ3) is 4.56. The minimum atomic E-state index is -0.419. The first kappa shape index (κ1) is 22.8. The Morgan fingerprint density at radius 1 is 0.939 bits per heavy atom. The first-order chi connectivity index (χ1) is 16.0. The highest BCUT2D eigenvalue weighted by Crippen LogP contribution is 2.42. The van der Waals surface area contributed by atoms with Crippen molar-refractivity contribution in [2.75, 3.05) is 18.0 Å². The molecule has 6 heteroatoms. The summed E-state index contributed by atoms with van der Waals surface area (Å²) < 4.78 is 15.8. The summed E-state index contributed by atoms with van der Waals surface area (Å²) in [6.45, 7) is 4.63. The molecular weight excluding hydrogens is 417 g/mol. The van der Waals surface area contributed by atoms with Crippen LogP contribution in [0.5, 0.6) is 0 Å². The number of unbranched alkanes of at least 4 members (excludes halogenated alkanes) is 1. The van der Waals surface area contributed by atoms with Gasteiger partial charge >= 0.3 is 0 Å². The molecule has 0 bridgehead atoms. The van der Waals surface area contributed by atoms with Crippen LogP contribution in [0.15, 0.2) is 66.9 Å². The van der Waals surface area contributed by atoms with Crippen molar-refractivity contribution < 1.29 is 14.0 Å². The number of carbonyl (C=O) groups excluding carboxylic acids is 2. The SMILES string of the molecule is CCCCN(CC(=O)N1c2ccccc2-n2cccc2C1c1ccc(F)cc1)C(=O)CCC. The van der Waals surface area contributed by atoms with E-state index in [1.54, 1.807) is 21.9 Å². The van der Waals surface area contributed by atoms with E-state index in [-0.39, 0.29) is 24.2 Å². The molecule has 2 heterocycles. The molecule has 4 rings (SSSR count). The van der Waals surface area contributed by atoms with Gasteiger partial charge in [0.2, 0.25) is 11.8 Å². The fraction of sp³-hybridized carbons (Fsp3) is 0.333. The van der Waals surface area contributed by atoms with Crippen LogP contribution in [0.1, 0.15) is 56.8 Å². The van der Waals surface area contributed by atoms with Gasteiger partial charge in [-0.15, -0.1) is 0 Å². The van der Waals surface area contributed by atoms with Crippen LogP contribution in [0.4, 0.5) is 10.1 Å². The van der Waals surface area contributed by atoms with E-state index >= 15 is 0 Å². The number of halogens is 1. The Labute approximate surface area is 194 Å². The van der Waals surface area contributed by atoms with Gasteiger partial charge in [-0.1, -0.05) is 44.5 Å². The molecule has 0 spiro atoms. The summed E-state index contributed by atoms with van der Waals surface area (Å²) in [7, 11) is 0. The molecule has 1 aromatic heterocycles. The maximum atomic E-state index is 13.9. The van der Waals surface area contributed by atoms with Crippen LogP contribution in [0, 0.1) is 5.82 Å². The lowest BCUT2D eigenvalue weighted by Gasteiger charge is -2.39. The van der Waals surface area contributed by atoms with E-state index in [0.717, 1.165) is 41.9 Å². The van der Waals surface area contributed by atoms with Crippen LogP contribution in [0.3, 0.4) is 0 Å². The quantitative estimate of drug-likeness (QED) is 0.459. The minimum absolute atomic E-state index is 0.00584. The van der Waals surface area contributed by atoms with Gasteiger partial charge in [0, 0.05) is 19.2 Å². The summed E-state index contributed by atoms with van der Waals surface area (Å²) >= 11 is 0. The van der Waals surface area contributed by atoms with Gasteiger partial charge in [-0.05, 0) is 54.8 Å². The molecule has 0 saturated carbocycles. The highest BCUT2D eigenvalue weighted by atomic mass is 19.1. The smallest absolute Gasteiger partial charge is 0.247 e. The number of anilines is 1. The monoisotopic (exact) mass is 447 g/mol. The van der Waals surface area contributed by atoms with Crippen molar-refractivity contribution in [3.63, 3.8) is 0 Å². The van der Waals surface area contributed by atoms with Crippen LogP contribution in [0.2, 0.25) is 0 Å². The van der Waals surface area contributed by atoms with Crippen molar-refractivity contribution in [3.05, 3.63) is 83.9 Å². The van der Waals surface area contributed by atoms with Gasteiger partial charge < -0.3 is 9.47 Å². The number of carbonyl (C=O) groups is 2. The number of hydrogen-bond acceptors (Lipinski definition) is 2. The second-order valence-corrected chi connectivity index (χ2v) is 8.43. The number of amides is 2. The largest absolute Gasteiger partial charge is 0.333 e. The predicted octanol–water partition coefficient (Wildman–Crippen LogP) is 5.48. The number of aromatic nitrogens is 1. The Morgan fingerprint density at radius 3 is 2.36 bits per heavy atom. The summed E-state index contributed by atoms with van der Waals surface area (Å²) in [4.78, 5) is 30.1. The highest BCUT2D eigenvalue weighted by Gasteiger charge is 2.36. The third-order valence-corrected chi connectivity index (χ3v) is 6.10. The maximum absolute atomic E-state index is 13.9. The molecular formula is C27H30FN3O2. The molecule has 0 aliphatic carbocycles. The average Bonchev–Trinajstić information content (AvgIpc) is 3.31. The Bertz CT molecular complexity index is 1120. The number of hydrogen-bond donors (Lipinski definition) is 0. The number of benzene rings is 2. The number of para-hydroxylation sites is 2. The van der Waals surface area contributed by atoms with Crippen molar-refractivity contribution in [2.24, 2.45) is 0 Å². The lowest BCUT2D eigenvalue weighted by Crippen LogP contribution is -2.47. The van der Waals surface area contributed by atoms with E-state index in [4.69, 9.17) is 0 Å². The number of nitrogens with zero attached hydrogens (tertiary/aromatic N) is 3. The topological polar surface area (TPSA) is 45.6 Å². The molecule has 1 aliphatic heterocycles. The highest BCUT2D eigenvalue weighted by molar-refractivity contribution is 6.00. The van der Waals surface area contributed by atoms with Gasteiger partial charge in [0.25, 0.3) is 0 Å². The summed E-state index contributed by atoms with van der Waals surface area (Å²) in [6.07, 6.45) is 4.95. The van der Waals surface area contributed by atoms with Gasteiger partial charge in [0.05, 0.1) is 17.1 Å². The van der Waals surface area contributed by atoms with Gasteiger partial charge in [-0.2, -0.15) is 0 Å². The normalized spacial score (nSPS) is 14.5. The first-order valence-corrected chi connectivity index (χ1v) is 11.7. The molecule has 0 radical (unpaired) electrons. The lowest BCUT2D eigenvalue weighted by atomic mass is 9.97. The lowest BCUT2D eigenvalue weighted by molar-refractivity contribution is -0.135. The molecule has 172 valence electrons. The first-order valence-electron chi connectivity index (χ1n) is 11.7. The van der Waals surface area contributed by atoms with Crippen LogP contribution < -0.4 is 4.90 Å².